The molecule has 3 saturated heterocycles. The maximum absolute atomic E-state index is 11.4. The zero-order valence-corrected chi connectivity index (χ0v) is 11.2. The van der Waals surface area contributed by atoms with Crippen LogP contribution in [0.25, 0.3) is 0 Å². The van der Waals surface area contributed by atoms with Gasteiger partial charge in [-0.3, -0.25) is 9.69 Å². The molecule has 0 aromatic heterocycles. The lowest BCUT2D eigenvalue weighted by Gasteiger charge is -2.44. The van der Waals surface area contributed by atoms with E-state index in [0.717, 1.165) is 25.3 Å². The monoisotopic (exact) mass is 251 g/mol. The number of amides is 1. The Morgan fingerprint density at radius 3 is 3.00 bits per heavy atom. The molecule has 18 heavy (non-hydrogen) atoms. The predicted octanol–water partition coefficient (Wildman–Crippen LogP) is 0.729. The lowest BCUT2D eigenvalue weighted by molar-refractivity contribution is -0.125. The second kappa shape index (κ2) is 5.57. The molecule has 2 N–H and O–H groups in total. The normalized spacial score (nSPS) is 38.7. The van der Waals surface area contributed by atoms with Gasteiger partial charge < -0.3 is 10.6 Å². The van der Waals surface area contributed by atoms with E-state index in [9.17, 15) is 4.79 Å². The smallest absolute Gasteiger partial charge is 0.220 e. The largest absolute Gasteiger partial charge is 0.353 e. The van der Waals surface area contributed by atoms with Crippen LogP contribution in [0.4, 0.5) is 0 Å². The Morgan fingerprint density at radius 1 is 1.11 bits per heavy atom. The highest BCUT2D eigenvalue weighted by Crippen LogP contribution is 2.28. The summed E-state index contributed by atoms with van der Waals surface area (Å²) < 4.78 is 0. The van der Waals surface area contributed by atoms with Crippen molar-refractivity contribution < 1.29 is 4.79 Å². The zero-order chi connectivity index (χ0) is 12.4. The molecule has 3 atom stereocenters. The van der Waals surface area contributed by atoms with Crippen molar-refractivity contribution in [1.29, 1.82) is 0 Å². The quantitative estimate of drug-likeness (QED) is 0.722. The summed E-state index contributed by atoms with van der Waals surface area (Å²) in [6, 6.07) is 1.24. The lowest BCUT2D eigenvalue weighted by atomic mass is 9.84. The molecule has 0 aromatic rings. The molecule has 3 fully saturated rings. The van der Waals surface area contributed by atoms with Crippen LogP contribution in [0, 0.1) is 5.92 Å². The van der Waals surface area contributed by atoms with Gasteiger partial charge in [0.1, 0.15) is 0 Å². The number of likely N-dealkylation sites (tertiary alicyclic amines) is 1. The third-order valence-corrected chi connectivity index (χ3v) is 4.92. The third kappa shape index (κ3) is 2.69. The summed E-state index contributed by atoms with van der Waals surface area (Å²) >= 11 is 0. The Morgan fingerprint density at radius 2 is 2.06 bits per heavy atom. The second-order valence-electron chi connectivity index (χ2n) is 6.09. The number of nitrogens with zero attached hydrogens (tertiary/aromatic N) is 1. The van der Waals surface area contributed by atoms with Crippen LogP contribution in [0.15, 0.2) is 0 Å². The molecule has 0 spiro atoms. The van der Waals surface area contributed by atoms with E-state index in [1.54, 1.807) is 0 Å². The number of carbonyl (C=O) groups is 1. The van der Waals surface area contributed by atoms with Gasteiger partial charge in [0.05, 0.1) is 0 Å². The van der Waals surface area contributed by atoms with Crippen molar-refractivity contribution in [2.24, 2.45) is 5.92 Å². The molecule has 0 aromatic carbocycles. The van der Waals surface area contributed by atoms with Crippen molar-refractivity contribution in [2.45, 2.75) is 50.6 Å². The molecule has 4 heteroatoms. The molecule has 0 saturated carbocycles. The van der Waals surface area contributed by atoms with Crippen molar-refractivity contribution in [1.82, 2.24) is 15.5 Å². The minimum Gasteiger partial charge on any atom is -0.353 e. The third-order valence-electron chi connectivity index (χ3n) is 4.92. The van der Waals surface area contributed by atoms with Crippen molar-refractivity contribution in [3.05, 3.63) is 0 Å². The van der Waals surface area contributed by atoms with Crippen LogP contribution in [0.1, 0.15) is 38.5 Å². The topological polar surface area (TPSA) is 44.4 Å². The van der Waals surface area contributed by atoms with Crippen molar-refractivity contribution >= 4 is 5.91 Å². The van der Waals surface area contributed by atoms with Crippen LogP contribution in [-0.4, -0.2) is 49.1 Å². The van der Waals surface area contributed by atoms with Crippen LogP contribution in [0.2, 0.25) is 0 Å². The summed E-state index contributed by atoms with van der Waals surface area (Å²) in [4.78, 5) is 14.1. The van der Waals surface area contributed by atoms with Gasteiger partial charge in [-0.1, -0.05) is 0 Å². The number of hydrogen-bond donors (Lipinski definition) is 2. The minimum atomic E-state index is 0.267. The summed E-state index contributed by atoms with van der Waals surface area (Å²) in [7, 11) is 0. The fourth-order valence-electron chi connectivity index (χ4n) is 3.84. The van der Waals surface area contributed by atoms with E-state index >= 15 is 0 Å². The van der Waals surface area contributed by atoms with Crippen LogP contribution in [0.3, 0.4) is 0 Å². The van der Waals surface area contributed by atoms with E-state index in [-0.39, 0.29) is 5.91 Å². The number of fused-ring (bicyclic) bond motifs is 1. The molecule has 102 valence electrons. The highest BCUT2D eigenvalue weighted by atomic mass is 16.1. The van der Waals surface area contributed by atoms with E-state index in [4.69, 9.17) is 0 Å². The van der Waals surface area contributed by atoms with Crippen molar-refractivity contribution in [3.63, 3.8) is 0 Å². The van der Waals surface area contributed by atoms with Crippen LogP contribution in [0.5, 0.6) is 0 Å². The van der Waals surface area contributed by atoms with Gasteiger partial charge in [-0.15, -0.1) is 0 Å². The zero-order valence-electron chi connectivity index (χ0n) is 11.2. The molecule has 3 aliphatic heterocycles. The molecule has 4 nitrogen and oxygen atoms in total. The van der Waals surface area contributed by atoms with Crippen molar-refractivity contribution in [2.75, 3.05) is 26.2 Å². The first-order valence-corrected chi connectivity index (χ1v) is 7.57. The number of rotatable bonds is 1. The Balaban J connectivity index is 1.57. The van der Waals surface area contributed by atoms with Crippen molar-refractivity contribution in [3.8, 4) is 0 Å². The molecule has 0 radical (unpaired) electrons. The van der Waals surface area contributed by atoms with Gasteiger partial charge in [0.25, 0.3) is 0 Å². The number of hydrogen-bond acceptors (Lipinski definition) is 3. The average Bonchev–Trinajstić information content (AvgIpc) is 2.67. The molecule has 3 heterocycles. The van der Waals surface area contributed by atoms with Gasteiger partial charge in [-0.2, -0.15) is 0 Å². The number of carbonyl (C=O) groups excluding carboxylic acids is 1. The minimum absolute atomic E-state index is 0.267. The van der Waals surface area contributed by atoms with E-state index in [2.05, 4.69) is 15.5 Å². The summed E-state index contributed by atoms with van der Waals surface area (Å²) in [5.74, 6) is 0.969. The highest BCUT2D eigenvalue weighted by molar-refractivity contribution is 5.77. The van der Waals surface area contributed by atoms with Crippen LogP contribution >= 0.6 is 0 Å². The number of piperidine rings is 2. The Bertz CT molecular complexity index is 299. The Labute approximate surface area is 109 Å². The average molecular weight is 251 g/mol. The van der Waals surface area contributed by atoms with Gasteiger partial charge in [0.2, 0.25) is 5.91 Å². The maximum atomic E-state index is 11.4. The van der Waals surface area contributed by atoms with Gasteiger partial charge in [-0.05, 0) is 51.1 Å². The van der Waals surface area contributed by atoms with Gasteiger partial charge in [-0.25, -0.2) is 0 Å². The molecule has 0 bridgehead atoms. The summed E-state index contributed by atoms with van der Waals surface area (Å²) in [6.45, 7) is 4.74. The maximum Gasteiger partial charge on any atom is 0.220 e. The van der Waals surface area contributed by atoms with E-state index in [1.807, 2.05) is 0 Å². The molecule has 0 aliphatic carbocycles. The van der Waals surface area contributed by atoms with Gasteiger partial charge >= 0.3 is 0 Å². The second-order valence-corrected chi connectivity index (χ2v) is 6.09. The SMILES string of the molecule is O=C1CCC2CN(C3CCCNCC3)CCC2N1. The summed E-state index contributed by atoms with van der Waals surface area (Å²) in [6.07, 6.45) is 6.94. The summed E-state index contributed by atoms with van der Waals surface area (Å²) in [5, 5.41) is 6.67. The Kier molecular flexibility index (Phi) is 3.85. The number of nitrogens with one attached hydrogen (secondary N) is 2. The molecular weight excluding hydrogens is 226 g/mol. The molecule has 1 amide bonds. The standard InChI is InChI=1S/C14H25N3O/c18-14-4-3-11-10-17(9-6-13(11)16-14)12-2-1-7-15-8-5-12/h11-13,15H,1-10H2,(H,16,18). The molecule has 3 aliphatic rings. The fourth-order valence-corrected chi connectivity index (χ4v) is 3.84. The van der Waals surface area contributed by atoms with Gasteiger partial charge in [0.15, 0.2) is 0 Å². The van der Waals surface area contributed by atoms with E-state index in [1.165, 1.54) is 45.4 Å². The first kappa shape index (κ1) is 12.4. The van der Waals surface area contributed by atoms with E-state index < -0.39 is 0 Å². The molecule has 3 rings (SSSR count). The highest BCUT2D eigenvalue weighted by Gasteiger charge is 2.35. The van der Waals surface area contributed by atoms with Gasteiger partial charge in [0, 0.05) is 31.6 Å². The predicted molar refractivity (Wildman–Crippen MR) is 71.4 cm³/mol. The Hall–Kier alpha value is -0.610. The lowest BCUT2D eigenvalue weighted by Crippen LogP contribution is -2.55. The van der Waals surface area contributed by atoms with Crippen LogP contribution < -0.4 is 10.6 Å². The summed E-state index contributed by atoms with van der Waals surface area (Å²) in [5.41, 5.74) is 0. The first-order chi connectivity index (χ1) is 8.83. The fraction of sp³-hybridized carbons (Fsp3) is 0.929. The molecule has 3 unspecified atom stereocenters. The van der Waals surface area contributed by atoms with E-state index in [0.29, 0.717) is 12.0 Å². The first-order valence-electron chi connectivity index (χ1n) is 7.57. The van der Waals surface area contributed by atoms with Crippen LogP contribution in [-0.2, 0) is 4.79 Å². The molecular formula is C14H25N3O.